The van der Waals surface area contributed by atoms with Crippen LogP contribution in [0.15, 0.2) is 0 Å². The largest absolute Gasteiger partial charge is 0.340 e. The molecule has 2 rings (SSSR count). The maximum absolute atomic E-state index is 4.64. The van der Waals surface area contributed by atoms with Crippen LogP contribution in [-0.2, 0) is 5.41 Å². The van der Waals surface area contributed by atoms with Crippen molar-refractivity contribution in [3.8, 4) is 0 Å². The van der Waals surface area contributed by atoms with Gasteiger partial charge in [0.25, 0.3) is 0 Å². The van der Waals surface area contributed by atoms with Crippen LogP contribution >= 0.6 is 0 Å². The van der Waals surface area contributed by atoms with Gasteiger partial charge in [-0.05, 0) is 31.8 Å². The summed E-state index contributed by atoms with van der Waals surface area (Å²) in [6, 6.07) is 0. The highest BCUT2D eigenvalue weighted by molar-refractivity contribution is 5.30. The van der Waals surface area contributed by atoms with Crippen molar-refractivity contribution in [2.45, 2.75) is 46.0 Å². The molecule has 0 amide bonds. The molecular formula is C14H27N5. The molecule has 0 spiro atoms. The summed E-state index contributed by atoms with van der Waals surface area (Å²) in [6.45, 7) is 13.0. The third-order valence-corrected chi connectivity index (χ3v) is 3.76. The Morgan fingerprint density at radius 2 is 2.00 bits per heavy atom. The van der Waals surface area contributed by atoms with Crippen molar-refractivity contribution in [3.63, 3.8) is 0 Å². The number of nitrogens with one attached hydrogen (secondary N) is 2. The van der Waals surface area contributed by atoms with Crippen LogP contribution in [0.3, 0.4) is 0 Å². The first-order valence-electron chi connectivity index (χ1n) is 7.39. The zero-order chi connectivity index (χ0) is 13.9. The van der Waals surface area contributed by atoms with Crippen LogP contribution in [0.25, 0.3) is 0 Å². The molecule has 0 atom stereocenters. The fraction of sp³-hybridized carbons (Fsp3) is 0.857. The molecule has 0 radical (unpaired) electrons. The quantitative estimate of drug-likeness (QED) is 0.873. The molecule has 1 aromatic heterocycles. The third kappa shape index (κ3) is 3.69. The summed E-state index contributed by atoms with van der Waals surface area (Å²) in [7, 11) is 0. The van der Waals surface area contributed by atoms with E-state index in [4.69, 9.17) is 0 Å². The molecule has 19 heavy (non-hydrogen) atoms. The number of rotatable bonds is 4. The summed E-state index contributed by atoms with van der Waals surface area (Å²) in [5.41, 5.74) is 0.0363. The molecule has 108 valence electrons. The van der Waals surface area contributed by atoms with E-state index in [-0.39, 0.29) is 5.41 Å². The molecular weight excluding hydrogens is 238 g/mol. The summed E-state index contributed by atoms with van der Waals surface area (Å²) in [5.74, 6) is 2.64. The molecule has 2 N–H and O–H groups in total. The summed E-state index contributed by atoms with van der Waals surface area (Å²) < 4.78 is 0. The molecule has 1 aliphatic heterocycles. The Hall–Kier alpha value is -1.10. The number of H-pyrrole nitrogens is 1. The van der Waals surface area contributed by atoms with Crippen molar-refractivity contribution >= 4 is 5.95 Å². The van der Waals surface area contributed by atoms with Crippen molar-refractivity contribution in [1.82, 2.24) is 20.5 Å². The van der Waals surface area contributed by atoms with E-state index in [1.807, 2.05) is 0 Å². The first kappa shape index (κ1) is 14.3. The molecule has 1 aliphatic rings. The average molecular weight is 265 g/mol. The Balaban J connectivity index is 1.89. The van der Waals surface area contributed by atoms with Crippen molar-refractivity contribution < 1.29 is 0 Å². The Kier molecular flexibility index (Phi) is 4.45. The second-order valence-corrected chi connectivity index (χ2v) is 6.47. The van der Waals surface area contributed by atoms with Crippen molar-refractivity contribution in [3.05, 3.63) is 5.82 Å². The van der Waals surface area contributed by atoms with E-state index in [2.05, 4.69) is 53.1 Å². The number of hydrogen-bond acceptors (Lipinski definition) is 4. The van der Waals surface area contributed by atoms with E-state index >= 15 is 0 Å². The lowest BCUT2D eigenvalue weighted by molar-refractivity contribution is 0.384. The predicted octanol–water partition coefficient (Wildman–Crippen LogP) is 1.93. The first-order valence-corrected chi connectivity index (χ1v) is 7.39. The Bertz CT molecular complexity index is 385. The molecule has 0 aliphatic carbocycles. The molecule has 0 saturated carbocycles. The highest BCUT2D eigenvalue weighted by atomic mass is 15.4. The lowest BCUT2D eigenvalue weighted by Gasteiger charge is -2.31. The van der Waals surface area contributed by atoms with Gasteiger partial charge in [0.2, 0.25) is 5.95 Å². The van der Waals surface area contributed by atoms with Gasteiger partial charge in [0, 0.05) is 18.5 Å². The maximum Gasteiger partial charge on any atom is 0.244 e. The highest BCUT2D eigenvalue weighted by Crippen LogP contribution is 2.23. The van der Waals surface area contributed by atoms with Crippen molar-refractivity contribution in [1.29, 1.82) is 0 Å². The predicted molar refractivity (Wildman–Crippen MR) is 78.6 cm³/mol. The summed E-state index contributed by atoms with van der Waals surface area (Å²) in [5, 5.41) is 10.9. The second kappa shape index (κ2) is 5.90. The van der Waals surface area contributed by atoms with E-state index in [9.17, 15) is 0 Å². The van der Waals surface area contributed by atoms with E-state index in [0.29, 0.717) is 0 Å². The smallest absolute Gasteiger partial charge is 0.244 e. The standard InChI is InChI=1S/C14H27N5/c1-5-15-10-11-6-8-19(9-7-11)13-16-12(17-18-13)14(2,3)4/h11,15H,5-10H2,1-4H3,(H,16,17,18). The van der Waals surface area contributed by atoms with Crippen LogP contribution in [0.2, 0.25) is 0 Å². The van der Waals surface area contributed by atoms with Crippen LogP contribution < -0.4 is 10.2 Å². The second-order valence-electron chi connectivity index (χ2n) is 6.47. The average Bonchev–Trinajstić information content (AvgIpc) is 2.86. The molecule has 5 heteroatoms. The molecule has 1 saturated heterocycles. The Labute approximate surface area is 116 Å². The monoisotopic (exact) mass is 265 g/mol. The van der Waals surface area contributed by atoms with Gasteiger partial charge in [-0.3, -0.25) is 5.10 Å². The van der Waals surface area contributed by atoms with E-state index in [0.717, 1.165) is 43.9 Å². The number of aromatic nitrogens is 3. The van der Waals surface area contributed by atoms with Gasteiger partial charge >= 0.3 is 0 Å². The van der Waals surface area contributed by atoms with E-state index in [1.165, 1.54) is 12.8 Å². The summed E-state index contributed by atoms with van der Waals surface area (Å²) in [4.78, 5) is 6.94. The topological polar surface area (TPSA) is 56.8 Å². The maximum atomic E-state index is 4.64. The number of nitrogens with zero attached hydrogens (tertiary/aromatic N) is 3. The molecule has 5 nitrogen and oxygen atoms in total. The Morgan fingerprint density at radius 1 is 1.32 bits per heavy atom. The van der Waals surface area contributed by atoms with Crippen LogP contribution in [0.5, 0.6) is 0 Å². The number of piperidine rings is 1. The Morgan fingerprint density at radius 3 is 2.53 bits per heavy atom. The summed E-state index contributed by atoms with van der Waals surface area (Å²) in [6.07, 6.45) is 2.46. The minimum absolute atomic E-state index is 0.0363. The molecule has 0 bridgehead atoms. The van der Waals surface area contributed by atoms with Gasteiger partial charge in [-0.2, -0.15) is 4.98 Å². The minimum atomic E-state index is 0.0363. The van der Waals surface area contributed by atoms with Gasteiger partial charge in [0.1, 0.15) is 5.82 Å². The normalized spacial score (nSPS) is 18.0. The molecule has 0 aromatic carbocycles. The molecule has 2 heterocycles. The van der Waals surface area contributed by atoms with Crippen LogP contribution in [0.1, 0.15) is 46.4 Å². The fourth-order valence-corrected chi connectivity index (χ4v) is 2.42. The van der Waals surface area contributed by atoms with Gasteiger partial charge in [-0.25, -0.2) is 0 Å². The molecule has 1 aromatic rings. The zero-order valence-electron chi connectivity index (χ0n) is 12.7. The number of anilines is 1. The van der Waals surface area contributed by atoms with Gasteiger partial charge < -0.3 is 10.2 Å². The lowest BCUT2D eigenvalue weighted by atomic mass is 9.96. The van der Waals surface area contributed by atoms with Gasteiger partial charge in [-0.15, -0.1) is 5.10 Å². The molecule has 0 unspecified atom stereocenters. The van der Waals surface area contributed by atoms with E-state index < -0.39 is 0 Å². The van der Waals surface area contributed by atoms with Crippen LogP contribution in [0, 0.1) is 5.92 Å². The molecule has 1 fully saturated rings. The van der Waals surface area contributed by atoms with Crippen molar-refractivity contribution in [2.75, 3.05) is 31.1 Å². The van der Waals surface area contributed by atoms with E-state index in [1.54, 1.807) is 0 Å². The summed E-state index contributed by atoms with van der Waals surface area (Å²) >= 11 is 0. The third-order valence-electron chi connectivity index (χ3n) is 3.76. The van der Waals surface area contributed by atoms with Crippen LogP contribution in [-0.4, -0.2) is 41.4 Å². The number of aromatic amines is 1. The van der Waals surface area contributed by atoms with Crippen molar-refractivity contribution in [2.24, 2.45) is 5.92 Å². The highest BCUT2D eigenvalue weighted by Gasteiger charge is 2.24. The number of hydrogen-bond donors (Lipinski definition) is 2. The van der Waals surface area contributed by atoms with Gasteiger partial charge in [-0.1, -0.05) is 27.7 Å². The zero-order valence-corrected chi connectivity index (χ0v) is 12.7. The van der Waals surface area contributed by atoms with Gasteiger partial charge in [0.15, 0.2) is 0 Å². The SMILES string of the molecule is CCNCC1CCN(c2n[nH]c(C(C)(C)C)n2)CC1. The minimum Gasteiger partial charge on any atom is -0.340 e. The first-order chi connectivity index (χ1) is 9.00. The fourth-order valence-electron chi connectivity index (χ4n) is 2.42. The lowest BCUT2D eigenvalue weighted by Crippen LogP contribution is -2.37. The van der Waals surface area contributed by atoms with Gasteiger partial charge in [0.05, 0.1) is 0 Å². The van der Waals surface area contributed by atoms with Crippen LogP contribution in [0.4, 0.5) is 5.95 Å².